The van der Waals surface area contributed by atoms with E-state index in [0.29, 0.717) is 40.7 Å². The van der Waals surface area contributed by atoms with Crippen LogP contribution in [0.15, 0.2) is 48.5 Å². The molecule has 0 saturated carbocycles. The van der Waals surface area contributed by atoms with E-state index < -0.39 is 0 Å². The molecule has 3 fully saturated rings. The normalized spacial score (nSPS) is 21.9. The van der Waals surface area contributed by atoms with E-state index >= 15 is 4.39 Å². The van der Waals surface area contributed by atoms with Crippen molar-refractivity contribution >= 4 is 33.4 Å². The summed E-state index contributed by atoms with van der Waals surface area (Å²) in [5.74, 6) is 1.12. The predicted octanol–water partition coefficient (Wildman–Crippen LogP) is 3.64. The second kappa shape index (κ2) is 8.28. The first-order chi connectivity index (χ1) is 17.6. The van der Waals surface area contributed by atoms with Gasteiger partial charge in [-0.05, 0) is 54.4 Å². The van der Waals surface area contributed by atoms with Crippen LogP contribution in [0.2, 0.25) is 0 Å². The third kappa shape index (κ3) is 3.47. The van der Waals surface area contributed by atoms with Gasteiger partial charge in [-0.25, -0.2) is 9.37 Å². The van der Waals surface area contributed by atoms with Crippen LogP contribution in [0, 0.1) is 5.82 Å². The molecule has 4 heterocycles. The quantitative estimate of drug-likeness (QED) is 0.408. The molecule has 4 aromatic rings. The number of anilines is 2. The molecule has 0 aliphatic carbocycles. The smallest absolute Gasteiger partial charge is 0.228 e. The van der Waals surface area contributed by atoms with Crippen LogP contribution in [-0.2, 0) is 0 Å². The summed E-state index contributed by atoms with van der Waals surface area (Å²) in [4.78, 5) is 14.2. The molecular weight excluding hydrogens is 455 g/mol. The molecule has 7 nitrogen and oxygen atoms in total. The van der Waals surface area contributed by atoms with Crippen LogP contribution in [0.3, 0.4) is 0 Å². The Kier molecular flexibility index (Phi) is 5.01. The summed E-state index contributed by atoms with van der Waals surface area (Å²) in [6.07, 6.45) is 2.33. The van der Waals surface area contributed by atoms with Gasteiger partial charge in [0.1, 0.15) is 17.1 Å². The van der Waals surface area contributed by atoms with Crippen molar-refractivity contribution in [2.75, 3.05) is 43.0 Å². The van der Waals surface area contributed by atoms with Crippen molar-refractivity contribution in [3.05, 3.63) is 54.3 Å². The summed E-state index contributed by atoms with van der Waals surface area (Å²) in [7, 11) is 1.96. The second-order valence-electron chi connectivity index (χ2n) is 10.3. The zero-order valence-electron chi connectivity index (χ0n) is 20.2. The summed E-state index contributed by atoms with van der Waals surface area (Å²) < 4.78 is 16.4. The molecule has 0 amide bonds. The minimum absolute atomic E-state index is 0.113. The van der Waals surface area contributed by atoms with E-state index in [1.165, 1.54) is 0 Å². The van der Waals surface area contributed by atoms with Crippen molar-refractivity contribution in [3.63, 3.8) is 0 Å². The zero-order chi connectivity index (χ0) is 24.4. The molecular formula is C28H29FN6O. The summed E-state index contributed by atoms with van der Waals surface area (Å²) in [5, 5.41) is 19.8. The summed E-state index contributed by atoms with van der Waals surface area (Å²) in [6, 6.07) is 16.1. The minimum Gasteiger partial charge on any atom is -0.508 e. The van der Waals surface area contributed by atoms with Gasteiger partial charge >= 0.3 is 0 Å². The molecule has 184 valence electrons. The molecule has 3 N–H and O–H groups in total. The number of phenols is 1. The molecule has 36 heavy (non-hydrogen) atoms. The Balaban J connectivity index is 1.41. The molecule has 0 spiro atoms. The Morgan fingerprint density at radius 2 is 1.69 bits per heavy atom. The molecule has 3 aromatic carbocycles. The Labute approximate surface area is 209 Å². The van der Waals surface area contributed by atoms with E-state index in [4.69, 9.17) is 9.97 Å². The maximum Gasteiger partial charge on any atom is 0.228 e. The Bertz CT molecular complexity index is 1470. The van der Waals surface area contributed by atoms with Gasteiger partial charge in [0.2, 0.25) is 5.95 Å². The lowest BCUT2D eigenvalue weighted by molar-refractivity contribution is 0.442. The Morgan fingerprint density at radius 1 is 0.917 bits per heavy atom. The standard InChI is InChI=1S/C28H29FN6O/c1-30-19-14-35(15-19)28-32-26-23(27(33-28)34-12-17-6-7-18(13-34)31-17)9-8-22(25(26)29)24-11-20(36)10-16-4-2-3-5-21(16)24/h2-5,8-11,17-19,30-31,36H,6-7,12-15H2,1H3. The van der Waals surface area contributed by atoms with Crippen molar-refractivity contribution in [2.45, 2.75) is 31.0 Å². The van der Waals surface area contributed by atoms with Crippen molar-refractivity contribution in [2.24, 2.45) is 0 Å². The second-order valence-corrected chi connectivity index (χ2v) is 10.3. The number of aromatic nitrogens is 2. The molecule has 0 radical (unpaired) electrons. The van der Waals surface area contributed by atoms with Crippen LogP contribution in [0.25, 0.3) is 32.8 Å². The van der Waals surface area contributed by atoms with E-state index in [1.807, 2.05) is 43.4 Å². The van der Waals surface area contributed by atoms with Gasteiger partial charge in [-0.1, -0.05) is 30.3 Å². The number of nitrogens with zero attached hydrogens (tertiary/aromatic N) is 4. The molecule has 2 bridgehead atoms. The van der Waals surface area contributed by atoms with Gasteiger partial charge in [-0.15, -0.1) is 0 Å². The largest absolute Gasteiger partial charge is 0.508 e. The number of benzene rings is 3. The van der Waals surface area contributed by atoms with Gasteiger partial charge in [0.15, 0.2) is 5.82 Å². The average molecular weight is 485 g/mol. The first-order valence-electron chi connectivity index (χ1n) is 12.7. The zero-order valence-corrected chi connectivity index (χ0v) is 20.2. The summed E-state index contributed by atoms with van der Waals surface area (Å²) >= 11 is 0. The number of nitrogens with one attached hydrogen (secondary N) is 2. The third-order valence-electron chi connectivity index (χ3n) is 8.00. The Hall–Kier alpha value is -3.49. The van der Waals surface area contributed by atoms with Crippen molar-refractivity contribution in [1.29, 1.82) is 0 Å². The molecule has 7 rings (SSSR count). The van der Waals surface area contributed by atoms with Crippen LogP contribution in [0.5, 0.6) is 5.75 Å². The van der Waals surface area contributed by atoms with E-state index in [2.05, 4.69) is 20.4 Å². The van der Waals surface area contributed by atoms with E-state index in [-0.39, 0.29) is 11.6 Å². The molecule has 3 aliphatic heterocycles. The van der Waals surface area contributed by atoms with E-state index in [0.717, 1.165) is 61.0 Å². The van der Waals surface area contributed by atoms with Crippen LogP contribution >= 0.6 is 0 Å². The van der Waals surface area contributed by atoms with Gasteiger partial charge in [0.05, 0.1) is 0 Å². The van der Waals surface area contributed by atoms with Crippen molar-refractivity contribution in [1.82, 2.24) is 20.6 Å². The number of piperazine rings is 1. The fourth-order valence-corrected chi connectivity index (χ4v) is 6.04. The van der Waals surface area contributed by atoms with Gasteiger partial charge in [-0.3, -0.25) is 0 Å². The topological polar surface area (TPSA) is 76.5 Å². The minimum atomic E-state index is -0.378. The number of halogens is 1. The number of hydrogen-bond donors (Lipinski definition) is 3. The van der Waals surface area contributed by atoms with Gasteiger partial charge in [0, 0.05) is 55.3 Å². The van der Waals surface area contributed by atoms with Gasteiger partial charge < -0.3 is 25.5 Å². The molecule has 8 heteroatoms. The van der Waals surface area contributed by atoms with E-state index in [9.17, 15) is 5.11 Å². The number of aromatic hydroxyl groups is 1. The van der Waals surface area contributed by atoms with Crippen LogP contribution in [-0.4, -0.2) is 66.4 Å². The van der Waals surface area contributed by atoms with Crippen LogP contribution in [0.1, 0.15) is 12.8 Å². The molecule has 2 atom stereocenters. The number of fused-ring (bicyclic) bond motifs is 4. The number of rotatable bonds is 4. The highest BCUT2D eigenvalue weighted by atomic mass is 19.1. The first kappa shape index (κ1) is 21.8. The lowest BCUT2D eigenvalue weighted by Crippen LogP contribution is -2.57. The number of likely N-dealkylation sites (N-methyl/N-ethyl adjacent to an activating group) is 1. The lowest BCUT2D eigenvalue weighted by atomic mass is 9.96. The first-order valence-corrected chi connectivity index (χ1v) is 12.7. The number of hydrogen-bond acceptors (Lipinski definition) is 7. The van der Waals surface area contributed by atoms with Crippen molar-refractivity contribution in [3.8, 4) is 16.9 Å². The molecule has 2 unspecified atom stereocenters. The maximum atomic E-state index is 16.4. The third-order valence-corrected chi connectivity index (χ3v) is 8.00. The fraction of sp³-hybridized carbons (Fsp3) is 0.357. The maximum absolute atomic E-state index is 16.4. The Morgan fingerprint density at radius 3 is 2.47 bits per heavy atom. The number of phenolic OH excluding ortho intramolecular Hbond substituents is 1. The highest BCUT2D eigenvalue weighted by Crippen LogP contribution is 2.39. The molecule has 1 aromatic heterocycles. The molecule has 3 aliphatic rings. The SMILES string of the molecule is CNC1CN(c2nc(N3CC4CCC(C3)N4)c3ccc(-c4cc(O)cc5ccccc45)c(F)c3n2)C1. The fourth-order valence-electron chi connectivity index (χ4n) is 6.04. The van der Waals surface area contributed by atoms with Gasteiger partial charge in [0.25, 0.3) is 0 Å². The monoisotopic (exact) mass is 484 g/mol. The summed E-state index contributed by atoms with van der Waals surface area (Å²) in [5.41, 5.74) is 1.42. The highest BCUT2D eigenvalue weighted by Gasteiger charge is 2.35. The lowest BCUT2D eigenvalue weighted by Gasteiger charge is -2.40. The summed E-state index contributed by atoms with van der Waals surface area (Å²) in [6.45, 7) is 3.32. The average Bonchev–Trinajstić information content (AvgIpc) is 3.20. The van der Waals surface area contributed by atoms with Crippen LogP contribution in [0.4, 0.5) is 16.2 Å². The highest BCUT2D eigenvalue weighted by molar-refractivity contribution is 6.01. The van der Waals surface area contributed by atoms with Crippen LogP contribution < -0.4 is 20.4 Å². The van der Waals surface area contributed by atoms with E-state index in [1.54, 1.807) is 12.1 Å². The molecule has 3 saturated heterocycles. The van der Waals surface area contributed by atoms with Crippen molar-refractivity contribution < 1.29 is 9.50 Å². The predicted molar refractivity (Wildman–Crippen MR) is 141 cm³/mol. The van der Waals surface area contributed by atoms with Gasteiger partial charge in [-0.2, -0.15) is 4.98 Å².